The molecule has 3 N–H and O–H groups in total. The van der Waals surface area contributed by atoms with Crippen LogP contribution in [0.25, 0.3) is 0 Å². The number of anilines is 1. The van der Waals surface area contributed by atoms with Crippen LogP contribution in [0.1, 0.15) is 18.9 Å². The van der Waals surface area contributed by atoms with E-state index in [2.05, 4.69) is 31.0 Å². The standard InChI is InChI=1S/C13H20N2/c1-10(8-11(2)15-3)9-12-4-6-13(14)7-5-12/h4-7,10,15H,2,8-9,14H2,1,3H3. The van der Waals surface area contributed by atoms with Crippen molar-refractivity contribution in [3.63, 3.8) is 0 Å². The number of nitrogen functional groups attached to an aromatic ring is 1. The molecule has 0 saturated carbocycles. The van der Waals surface area contributed by atoms with Crippen LogP contribution in [0.15, 0.2) is 36.5 Å². The number of allylic oxidation sites excluding steroid dienone is 1. The molecule has 1 aromatic rings. The lowest BCUT2D eigenvalue weighted by Gasteiger charge is -2.13. The number of nitrogens with two attached hydrogens (primary N) is 1. The van der Waals surface area contributed by atoms with Crippen molar-refractivity contribution < 1.29 is 0 Å². The van der Waals surface area contributed by atoms with E-state index in [0.717, 1.165) is 24.2 Å². The highest BCUT2D eigenvalue weighted by Gasteiger charge is 2.04. The lowest BCUT2D eigenvalue weighted by molar-refractivity contribution is 0.559. The molecule has 0 aromatic heterocycles. The molecule has 1 rings (SSSR count). The van der Waals surface area contributed by atoms with E-state index in [-0.39, 0.29) is 0 Å². The SMILES string of the molecule is C=C(CC(C)Cc1ccc(N)cc1)NC. The van der Waals surface area contributed by atoms with Gasteiger partial charge >= 0.3 is 0 Å². The summed E-state index contributed by atoms with van der Waals surface area (Å²) in [7, 11) is 1.91. The van der Waals surface area contributed by atoms with E-state index in [1.165, 1.54) is 5.56 Å². The summed E-state index contributed by atoms with van der Waals surface area (Å²) in [6.45, 7) is 6.17. The summed E-state index contributed by atoms with van der Waals surface area (Å²) in [6.07, 6.45) is 2.09. The van der Waals surface area contributed by atoms with Crippen LogP contribution in [0, 0.1) is 5.92 Å². The second kappa shape index (κ2) is 5.44. The first kappa shape index (κ1) is 11.6. The molecule has 2 heteroatoms. The van der Waals surface area contributed by atoms with Gasteiger partial charge in [-0.3, -0.25) is 0 Å². The minimum atomic E-state index is 0.605. The zero-order chi connectivity index (χ0) is 11.3. The fraction of sp³-hybridized carbons (Fsp3) is 0.385. The van der Waals surface area contributed by atoms with E-state index >= 15 is 0 Å². The Labute approximate surface area is 92.2 Å². The van der Waals surface area contributed by atoms with Gasteiger partial charge in [0.2, 0.25) is 0 Å². The van der Waals surface area contributed by atoms with Gasteiger partial charge in [-0.25, -0.2) is 0 Å². The topological polar surface area (TPSA) is 38.0 Å². The minimum Gasteiger partial charge on any atom is -0.399 e. The van der Waals surface area contributed by atoms with E-state index in [9.17, 15) is 0 Å². The molecule has 1 atom stereocenters. The molecule has 0 aliphatic carbocycles. The van der Waals surface area contributed by atoms with Crippen molar-refractivity contribution in [2.75, 3.05) is 12.8 Å². The Morgan fingerprint density at radius 2 is 2.00 bits per heavy atom. The van der Waals surface area contributed by atoms with E-state index in [4.69, 9.17) is 5.73 Å². The van der Waals surface area contributed by atoms with Crippen molar-refractivity contribution in [3.05, 3.63) is 42.1 Å². The summed E-state index contributed by atoms with van der Waals surface area (Å²) in [6, 6.07) is 8.09. The molecule has 0 aliphatic rings. The first-order valence-corrected chi connectivity index (χ1v) is 5.31. The number of rotatable bonds is 5. The molecular formula is C13H20N2. The quantitative estimate of drug-likeness (QED) is 0.723. The average Bonchev–Trinajstić information content (AvgIpc) is 2.21. The zero-order valence-corrected chi connectivity index (χ0v) is 9.59. The third kappa shape index (κ3) is 4.07. The van der Waals surface area contributed by atoms with Crippen LogP contribution in [0.2, 0.25) is 0 Å². The molecular weight excluding hydrogens is 184 g/mol. The summed E-state index contributed by atoms with van der Waals surface area (Å²) in [5.41, 5.74) is 8.89. The van der Waals surface area contributed by atoms with Crippen molar-refractivity contribution >= 4 is 5.69 Å². The monoisotopic (exact) mass is 204 g/mol. The molecule has 0 bridgehead atoms. The van der Waals surface area contributed by atoms with Gasteiger partial charge in [-0.05, 0) is 36.5 Å². The molecule has 1 aromatic carbocycles. The largest absolute Gasteiger partial charge is 0.399 e. The van der Waals surface area contributed by atoms with Gasteiger partial charge in [-0.15, -0.1) is 0 Å². The summed E-state index contributed by atoms with van der Waals surface area (Å²) in [4.78, 5) is 0. The summed E-state index contributed by atoms with van der Waals surface area (Å²) < 4.78 is 0. The summed E-state index contributed by atoms with van der Waals surface area (Å²) in [5.74, 6) is 0.605. The van der Waals surface area contributed by atoms with Crippen LogP contribution in [-0.4, -0.2) is 7.05 Å². The van der Waals surface area contributed by atoms with Gasteiger partial charge in [-0.1, -0.05) is 25.6 Å². The van der Waals surface area contributed by atoms with Crippen LogP contribution >= 0.6 is 0 Å². The van der Waals surface area contributed by atoms with Crippen LogP contribution in [0.5, 0.6) is 0 Å². The maximum atomic E-state index is 5.64. The van der Waals surface area contributed by atoms with Gasteiger partial charge in [0.15, 0.2) is 0 Å². The van der Waals surface area contributed by atoms with E-state index in [1.807, 2.05) is 19.2 Å². The number of nitrogens with one attached hydrogen (secondary N) is 1. The predicted octanol–water partition coefficient (Wildman–Crippen LogP) is 2.57. The van der Waals surface area contributed by atoms with Crippen LogP contribution in [0.4, 0.5) is 5.69 Å². The smallest absolute Gasteiger partial charge is 0.0314 e. The second-order valence-corrected chi connectivity index (χ2v) is 4.11. The Morgan fingerprint density at radius 1 is 1.40 bits per heavy atom. The lowest BCUT2D eigenvalue weighted by Crippen LogP contribution is -2.10. The normalized spacial score (nSPS) is 12.1. The summed E-state index contributed by atoms with van der Waals surface area (Å²) in [5, 5.41) is 3.08. The van der Waals surface area contributed by atoms with Gasteiger partial charge in [0, 0.05) is 18.4 Å². The first-order chi connectivity index (χ1) is 7.11. The molecule has 2 nitrogen and oxygen atoms in total. The Morgan fingerprint density at radius 3 is 2.53 bits per heavy atom. The van der Waals surface area contributed by atoms with Gasteiger partial charge in [0.25, 0.3) is 0 Å². The van der Waals surface area contributed by atoms with Crippen molar-refractivity contribution in [2.24, 2.45) is 5.92 Å². The average molecular weight is 204 g/mol. The molecule has 15 heavy (non-hydrogen) atoms. The fourth-order valence-corrected chi connectivity index (χ4v) is 1.65. The minimum absolute atomic E-state index is 0.605. The lowest BCUT2D eigenvalue weighted by atomic mass is 9.97. The maximum absolute atomic E-state index is 5.64. The molecule has 0 radical (unpaired) electrons. The van der Waals surface area contributed by atoms with Crippen LogP contribution < -0.4 is 11.1 Å². The Bertz CT molecular complexity index is 314. The predicted molar refractivity (Wildman–Crippen MR) is 66.5 cm³/mol. The molecule has 0 heterocycles. The first-order valence-electron chi connectivity index (χ1n) is 5.31. The van der Waals surface area contributed by atoms with Crippen molar-refractivity contribution in [1.29, 1.82) is 0 Å². The van der Waals surface area contributed by atoms with Crippen molar-refractivity contribution in [2.45, 2.75) is 19.8 Å². The van der Waals surface area contributed by atoms with Gasteiger partial charge < -0.3 is 11.1 Å². The third-order valence-electron chi connectivity index (χ3n) is 2.51. The highest BCUT2D eigenvalue weighted by molar-refractivity contribution is 5.39. The number of hydrogen-bond acceptors (Lipinski definition) is 2. The highest BCUT2D eigenvalue weighted by atomic mass is 14.8. The van der Waals surface area contributed by atoms with Gasteiger partial charge in [0.05, 0.1) is 0 Å². The molecule has 0 spiro atoms. The van der Waals surface area contributed by atoms with Crippen molar-refractivity contribution in [1.82, 2.24) is 5.32 Å². The summed E-state index contributed by atoms with van der Waals surface area (Å²) >= 11 is 0. The maximum Gasteiger partial charge on any atom is 0.0314 e. The number of hydrogen-bond donors (Lipinski definition) is 2. The third-order valence-corrected chi connectivity index (χ3v) is 2.51. The van der Waals surface area contributed by atoms with E-state index < -0.39 is 0 Å². The zero-order valence-electron chi connectivity index (χ0n) is 9.59. The van der Waals surface area contributed by atoms with Gasteiger partial charge in [-0.2, -0.15) is 0 Å². The molecule has 0 saturated heterocycles. The van der Waals surface area contributed by atoms with Gasteiger partial charge in [0.1, 0.15) is 0 Å². The van der Waals surface area contributed by atoms with Crippen molar-refractivity contribution in [3.8, 4) is 0 Å². The molecule has 1 unspecified atom stereocenters. The molecule has 0 amide bonds. The van der Waals surface area contributed by atoms with Crippen LogP contribution in [0.3, 0.4) is 0 Å². The van der Waals surface area contributed by atoms with Crippen LogP contribution in [-0.2, 0) is 6.42 Å². The Balaban J connectivity index is 2.47. The molecule has 0 fully saturated rings. The highest BCUT2D eigenvalue weighted by Crippen LogP contribution is 2.15. The molecule has 0 aliphatic heterocycles. The number of benzene rings is 1. The molecule has 82 valence electrons. The Hall–Kier alpha value is -1.44. The van der Waals surface area contributed by atoms with E-state index in [1.54, 1.807) is 0 Å². The fourth-order valence-electron chi connectivity index (χ4n) is 1.65. The second-order valence-electron chi connectivity index (χ2n) is 4.11. The Kier molecular flexibility index (Phi) is 4.22. The van der Waals surface area contributed by atoms with E-state index in [0.29, 0.717) is 5.92 Å².